The molecule has 152 valence electrons. The predicted molar refractivity (Wildman–Crippen MR) is 119 cm³/mol. The number of nitrogens with zero attached hydrogens (tertiary/aromatic N) is 4. The first kappa shape index (κ1) is 23.5. The van der Waals surface area contributed by atoms with E-state index in [1.165, 1.54) is 6.42 Å². The lowest BCUT2D eigenvalue weighted by atomic mass is 9.92. The Bertz CT molecular complexity index is 461. The van der Waals surface area contributed by atoms with Gasteiger partial charge in [0, 0.05) is 47.3 Å². The third-order valence-corrected chi connectivity index (χ3v) is 5.37. The van der Waals surface area contributed by atoms with Crippen molar-refractivity contribution in [2.24, 2.45) is 16.8 Å². The molecule has 2 aliphatic heterocycles. The van der Waals surface area contributed by atoms with E-state index in [0.717, 1.165) is 69.8 Å². The summed E-state index contributed by atoms with van der Waals surface area (Å²) in [5.74, 6) is 2.73. The highest BCUT2D eigenvalue weighted by Crippen LogP contribution is 2.21. The number of rotatable bonds is 5. The second-order valence-electron chi connectivity index (χ2n) is 8.11. The normalized spacial score (nSPS) is 27.2. The van der Waals surface area contributed by atoms with Crippen molar-refractivity contribution < 1.29 is 4.79 Å². The number of amides is 1. The Labute approximate surface area is 176 Å². The summed E-state index contributed by atoms with van der Waals surface area (Å²) in [6.45, 7) is 9.76. The van der Waals surface area contributed by atoms with E-state index in [0.29, 0.717) is 0 Å². The molecule has 0 aromatic rings. The van der Waals surface area contributed by atoms with Crippen molar-refractivity contribution in [2.45, 2.75) is 45.6 Å². The van der Waals surface area contributed by atoms with Crippen LogP contribution in [0.4, 0.5) is 0 Å². The van der Waals surface area contributed by atoms with Gasteiger partial charge in [-0.2, -0.15) is 0 Å². The van der Waals surface area contributed by atoms with Crippen LogP contribution < -0.4 is 5.32 Å². The third-order valence-electron chi connectivity index (χ3n) is 5.37. The minimum atomic E-state index is 0. The molecule has 2 saturated heterocycles. The van der Waals surface area contributed by atoms with Crippen LogP contribution in [0.2, 0.25) is 0 Å². The molecule has 26 heavy (non-hydrogen) atoms. The number of halogens is 1. The zero-order chi connectivity index (χ0) is 18.4. The number of likely N-dealkylation sites (N-methyl/N-ethyl adjacent to an activating group) is 1. The maximum atomic E-state index is 12.3. The molecule has 1 N–H and O–H groups in total. The molecule has 6 nitrogen and oxygen atoms in total. The van der Waals surface area contributed by atoms with Crippen molar-refractivity contribution in [3.05, 3.63) is 0 Å². The Kier molecular flexibility index (Phi) is 10.2. The predicted octanol–water partition coefficient (Wildman–Crippen LogP) is 2.10. The fourth-order valence-corrected chi connectivity index (χ4v) is 4.32. The molecule has 1 amide bonds. The maximum Gasteiger partial charge on any atom is 0.239 e. The lowest BCUT2D eigenvalue weighted by molar-refractivity contribution is -0.133. The molecule has 0 spiro atoms. The first-order valence-corrected chi connectivity index (χ1v) is 9.83. The maximum absolute atomic E-state index is 12.3. The zero-order valence-corrected chi connectivity index (χ0v) is 19.5. The van der Waals surface area contributed by atoms with Crippen LogP contribution in [-0.2, 0) is 4.79 Å². The highest BCUT2D eigenvalue weighted by molar-refractivity contribution is 14.0. The van der Waals surface area contributed by atoms with Crippen LogP contribution in [0.5, 0.6) is 0 Å². The zero-order valence-electron chi connectivity index (χ0n) is 17.2. The topological polar surface area (TPSA) is 51.2 Å². The molecule has 7 heteroatoms. The van der Waals surface area contributed by atoms with Gasteiger partial charge in [0.2, 0.25) is 5.91 Å². The highest BCUT2D eigenvalue weighted by atomic mass is 127. The second kappa shape index (κ2) is 11.3. The van der Waals surface area contributed by atoms with Crippen molar-refractivity contribution in [3.8, 4) is 0 Å². The molecule has 0 aliphatic carbocycles. The molecule has 0 aromatic heterocycles. The van der Waals surface area contributed by atoms with E-state index < -0.39 is 0 Å². The summed E-state index contributed by atoms with van der Waals surface area (Å²) in [7, 11) is 5.58. The quantitative estimate of drug-likeness (QED) is 0.284. The summed E-state index contributed by atoms with van der Waals surface area (Å²) < 4.78 is 0. The molecule has 0 aromatic carbocycles. The van der Waals surface area contributed by atoms with Crippen molar-refractivity contribution in [1.29, 1.82) is 0 Å². The van der Waals surface area contributed by atoms with E-state index in [1.807, 2.05) is 21.1 Å². The fourth-order valence-electron chi connectivity index (χ4n) is 4.32. The average Bonchev–Trinajstić information content (AvgIpc) is 3.01. The minimum absolute atomic E-state index is 0. The molecule has 3 unspecified atom stereocenters. The molecular weight excluding hydrogens is 441 g/mol. The van der Waals surface area contributed by atoms with Crippen molar-refractivity contribution in [1.82, 2.24) is 20.0 Å². The lowest BCUT2D eigenvalue weighted by Gasteiger charge is -2.37. The van der Waals surface area contributed by atoms with Crippen molar-refractivity contribution in [2.75, 3.05) is 53.9 Å². The van der Waals surface area contributed by atoms with Gasteiger partial charge in [-0.3, -0.25) is 14.7 Å². The summed E-state index contributed by atoms with van der Waals surface area (Å²) in [5, 5.41) is 3.52. The first-order chi connectivity index (χ1) is 11.9. The summed E-state index contributed by atoms with van der Waals surface area (Å²) in [6, 6.07) is 0.0816. The molecule has 2 heterocycles. The van der Waals surface area contributed by atoms with Gasteiger partial charge < -0.3 is 15.1 Å². The summed E-state index contributed by atoms with van der Waals surface area (Å²) in [4.78, 5) is 23.2. The average molecular weight is 479 g/mol. The Morgan fingerprint density at radius 2 is 1.88 bits per heavy atom. The Balaban J connectivity index is 0.00000338. The number of guanidine groups is 1. The number of hydrogen-bond donors (Lipinski definition) is 1. The van der Waals surface area contributed by atoms with Gasteiger partial charge in [0.05, 0.1) is 6.04 Å². The molecule has 0 radical (unpaired) electrons. The standard InChI is InChI=1S/C19H37N5O.HI/c1-15-12-16(2)14-24(13-15)19(20-3)21-9-7-11-23-10-6-8-17(23)18(25)22(4)5;/h15-17H,6-14H2,1-5H3,(H,20,21);1H. The molecule has 0 bridgehead atoms. The molecular formula is C19H38IN5O. The van der Waals surface area contributed by atoms with E-state index in [-0.39, 0.29) is 35.9 Å². The molecule has 2 rings (SSSR count). The minimum Gasteiger partial charge on any atom is -0.356 e. The largest absolute Gasteiger partial charge is 0.356 e. The molecule has 3 atom stereocenters. The van der Waals surface area contributed by atoms with Crippen LogP contribution >= 0.6 is 24.0 Å². The van der Waals surface area contributed by atoms with E-state index in [1.54, 1.807) is 4.90 Å². The fraction of sp³-hybridized carbons (Fsp3) is 0.895. The number of hydrogen-bond acceptors (Lipinski definition) is 3. The molecule has 0 saturated carbocycles. The SMILES string of the molecule is CN=C(NCCCN1CCCC1C(=O)N(C)C)N1CC(C)CC(C)C1.I. The van der Waals surface area contributed by atoms with Crippen molar-refractivity contribution in [3.63, 3.8) is 0 Å². The van der Waals surface area contributed by atoms with Crippen LogP contribution in [0.15, 0.2) is 4.99 Å². The van der Waals surface area contributed by atoms with Crippen molar-refractivity contribution >= 4 is 35.8 Å². The van der Waals surface area contributed by atoms with Gasteiger partial charge in [0.1, 0.15) is 0 Å². The Morgan fingerprint density at radius 1 is 1.23 bits per heavy atom. The Morgan fingerprint density at radius 3 is 2.46 bits per heavy atom. The Hall–Kier alpha value is -0.570. The number of nitrogens with one attached hydrogen (secondary N) is 1. The number of piperidine rings is 1. The van der Waals surface area contributed by atoms with E-state index in [2.05, 4.69) is 34.0 Å². The van der Waals surface area contributed by atoms with Gasteiger partial charge in [-0.05, 0) is 44.1 Å². The van der Waals surface area contributed by atoms with Crippen LogP contribution in [-0.4, -0.2) is 86.5 Å². The second-order valence-corrected chi connectivity index (χ2v) is 8.11. The van der Waals surface area contributed by atoms with Gasteiger partial charge in [0.25, 0.3) is 0 Å². The first-order valence-electron chi connectivity index (χ1n) is 9.83. The lowest BCUT2D eigenvalue weighted by Crippen LogP contribution is -2.49. The van der Waals surface area contributed by atoms with Crippen LogP contribution in [0.3, 0.4) is 0 Å². The van der Waals surface area contributed by atoms with E-state index in [4.69, 9.17) is 0 Å². The van der Waals surface area contributed by atoms with E-state index >= 15 is 0 Å². The number of likely N-dealkylation sites (tertiary alicyclic amines) is 2. The van der Waals surface area contributed by atoms with Gasteiger partial charge in [0.15, 0.2) is 5.96 Å². The summed E-state index contributed by atoms with van der Waals surface area (Å²) >= 11 is 0. The number of carbonyl (C=O) groups excluding carboxylic acids is 1. The van der Waals surface area contributed by atoms with Gasteiger partial charge in [-0.1, -0.05) is 13.8 Å². The molecule has 2 aliphatic rings. The van der Waals surface area contributed by atoms with Gasteiger partial charge in [-0.15, -0.1) is 24.0 Å². The number of aliphatic imine (C=N–C) groups is 1. The van der Waals surface area contributed by atoms with Crippen LogP contribution in [0.1, 0.15) is 39.5 Å². The van der Waals surface area contributed by atoms with E-state index in [9.17, 15) is 4.79 Å². The molecule has 2 fully saturated rings. The number of carbonyl (C=O) groups is 1. The van der Waals surface area contributed by atoms with Gasteiger partial charge in [-0.25, -0.2) is 0 Å². The van der Waals surface area contributed by atoms with Crippen LogP contribution in [0, 0.1) is 11.8 Å². The summed E-state index contributed by atoms with van der Waals surface area (Å²) in [5.41, 5.74) is 0. The third kappa shape index (κ3) is 6.55. The smallest absolute Gasteiger partial charge is 0.239 e. The van der Waals surface area contributed by atoms with Gasteiger partial charge >= 0.3 is 0 Å². The summed E-state index contributed by atoms with van der Waals surface area (Å²) in [6.07, 6.45) is 4.47. The van der Waals surface area contributed by atoms with Crippen LogP contribution in [0.25, 0.3) is 0 Å². The highest BCUT2D eigenvalue weighted by Gasteiger charge is 2.31. The monoisotopic (exact) mass is 479 g/mol.